The molecule has 3 nitrogen and oxygen atoms in total. The Morgan fingerprint density at radius 1 is 1.44 bits per heavy atom. The Morgan fingerprint density at radius 3 is 2.44 bits per heavy atom. The second-order valence-corrected chi connectivity index (χ2v) is 3.50. The van der Waals surface area contributed by atoms with Gasteiger partial charge >= 0.3 is 6.18 Å². The molecule has 0 saturated carbocycles. The van der Waals surface area contributed by atoms with Crippen LogP contribution in [0.5, 0.6) is 0 Å². The molecule has 0 bridgehead atoms. The van der Waals surface area contributed by atoms with Gasteiger partial charge in [-0.15, -0.1) is 0 Å². The molecule has 0 fully saturated rings. The van der Waals surface area contributed by atoms with E-state index in [1.807, 2.05) is 0 Å². The summed E-state index contributed by atoms with van der Waals surface area (Å²) >= 11 is 5.46. The van der Waals surface area contributed by atoms with Crippen LogP contribution >= 0.6 is 11.6 Å². The first-order valence-corrected chi connectivity index (χ1v) is 4.58. The Balaban J connectivity index is 3.23. The van der Waals surface area contributed by atoms with Crippen molar-refractivity contribution in [1.82, 2.24) is 4.98 Å². The van der Waals surface area contributed by atoms with E-state index in [1.165, 1.54) is 20.0 Å². The standard InChI is InChI=1S/C9H8ClF3N2O/c1-5(16)15(2)6-3-7(9(11,12)13)14-8(10)4-6/h3-4H,1-2H3. The molecule has 0 N–H and O–H groups in total. The second-order valence-electron chi connectivity index (χ2n) is 3.11. The van der Waals surface area contributed by atoms with Crippen LogP contribution in [0.1, 0.15) is 12.6 Å². The summed E-state index contributed by atoms with van der Waals surface area (Å²) in [6, 6.07) is 1.96. The van der Waals surface area contributed by atoms with E-state index >= 15 is 0 Å². The van der Waals surface area contributed by atoms with Gasteiger partial charge < -0.3 is 4.90 Å². The number of hydrogen-bond acceptors (Lipinski definition) is 2. The summed E-state index contributed by atoms with van der Waals surface area (Å²) in [6.07, 6.45) is -4.59. The minimum Gasteiger partial charge on any atom is -0.316 e. The maximum absolute atomic E-state index is 12.4. The molecule has 7 heteroatoms. The highest BCUT2D eigenvalue weighted by atomic mass is 35.5. The van der Waals surface area contributed by atoms with Gasteiger partial charge in [0, 0.05) is 19.7 Å². The number of hydrogen-bond donors (Lipinski definition) is 0. The van der Waals surface area contributed by atoms with Crippen LogP contribution in [-0.2, 0) is 11.0 Å². The normalized spacial score (nSPS) is 11.4. The summed E-state index contributed by atoms with van der Waals surface area (Å²) < 4.78 is 37.2. The molecule has 88 valence electrons. The largest absolute Gasteiger partial charge is 0.433 e. The number of rotatable bonds is 1. The molecule has 0 saturated heterocycles. The van der Waals surface area contributed by atoms with Crippen LogP contribution < -0.4 is 4.90 Å². The number of carbonyl (C=O) groups excluding carboxylic acids is 1. The van der Waals surface area contributed by atoms with E-state index in [0.29, 0.717) is 0 Å². The number of alkyl halides is 3. The topological polar surface area (TPSA) is 33.2 Å². The molecule has 0 aliphatic carbocycles. The molecule has 0 spiro atoms. The third-order valence-electron chi connectivity index (χ3n) is 1.93. The average molecular weight is 253 g/mol. The zero-order chi connectivity index (χ0) is 12.5. The average Bonchev–Trinajstić information content (AvgIpc) is 2.14. The molecule has 1 rings (SSSR count). The summed E-state index contributed by atoms with van der Waals surface area (Å²) in [4.78, 5) is 15.2. The number of nitrogens with zero attached hydrogens (tertiary/aromatic N) is 2. The van der Waals surface area contributed by atoms with E-state index in [9.17, 15) is 18.0 Å². The highest BCUT2D eigenvalue weighted by Gasteiger charge is 2.33. The van der Waals surface area contributed by atoms with Crippen molar-refractivity contribution in [3.63, 3.8) is 0 Å². The lowest BCUT2D eigenvalue weighted by Gasteiger charge is -2.16. The predicted octanol–water partition coefficient (Wildman–Crippen LogP) is 2.74. The fourth-order valence-electron chi connectivity index (χ4n) is 1.00. The van der Waals surface area contributed by atoms with E-state index in [2.05, 4.69) is 4.98 Å². The van der Waals surface area contributed by atoms with Crippen LogP contribution in [0, 0.1) is 0 Å². The molecular weight excluding hydrogens is 245 g/mol. The van der Waals surface area contributed by atoms with Crippen molar-refractivity contribution in [3.8, 4) is 0 Å². The molecule has 1 aromatic heterocycles. The van der Waals surface area contributed by atoms with Crippen molar-refractivity contribution in [3.05, 3.63) is 23.0 Å². The van der Waals surface area contributed by atoms with Gasteiger partial charge in [-0.3, -0.25) is 4.79 Å². The second kappa shape index (κ2) is 4.29. The predicted molar refractivity (Wildman–Crippen MR) is 53.3 cm³/mol. The maximum Gasteiger partial charge on any atom is 0.433 e. The minimum atomic E-state index is -4.59. The molecular formula is C9H8ClF3N2O. The van der Waals surface area contributed by atoms with Crippen LogP contribution in [0.15, 0.2) is 12.1 Å². The van der Waals surface area contributed by atoms with Gasteiger partial charge in [0.15, 0.2) is 0 Å². The summed E-state index contributed by atoms with van der Waals surface area (Å²) in [5.41, 5.74) is -1.07. The Morgan fingerprint density at radius 2 is 2.00 bits per heavy atom. The lowest BCUT2D eigenvalue weighted by Crippen LogP contribution is -2.23. The quantitative estimate of drug-likeness (QED) is 0.720. The summed E-state index contributed by atoms with van der Waals surface area (Å²) in [5.74, 6) is -0.393. The van der Waals surface area contributed by atoms with Crippen molar-refractivity contribution in [1.29, 1.82) is 0 Å². The zero-order valence-corrected chi connectivity index (χ0v) is 9.23. The Labute approximate surface area is 94.8 Å². The number of aromatic nitrogens is 1. The van der Waals surface area contributed by atoms with Gasteiger partial charge in [0.1, 0.15) is 10.8 Å². The molecule has 1 amide bonds. The van der Waals surface area contributed by atoms with Crippen molar-refractivity contribution in [2.45, 2.75) is 13.1 Å². The molecule has 0 radical (unpaired) electrons. The molecule has 16 heavy (non-hydrogen) atoms. The van der Waals surface area contributed by atoms with Crippen molar-refractivity contribution < 1.29 is 18.0 Å². The SMILES string of the molecule is CC(=O)N(C)c1cc(Cl)nc(C(F)(F)F)c1. The van der Waals surface area contributed by atoms with Gasteiger partial charge in [0.05, 0.1) is 0 Å². The van der Waals surface area contributed by atoms with E-state index < -0.39 is 17.8 Å². The van der Waals surface area contributed by atoms with E-state index in [4.69, 9.17) is 11.6 Å². The number of halogens is 4. The molecule has 0 aliphatic rings. The first-order chi connectivity index (χ1) is 7.21. The number of amides is 1. The summed E-state index contributed by atoms with van der Waals surface area (Å²) in [7, 11) is 1.36. The maximum atomic E-state index is 12.4. The summed E-state index contributed by atoms with van der Waals surface area (Å²) in [5, 5.41) is -0.307. The fraction of sp³-hybridized carbons (Fsp3) is 0.333. The van der Waals surface area contributed by atoms with Gasteiger partial charge in [-0.2, -0.15) is 13.2 Å². The number of pyridine rings is 1. The van der Waals surface area contributed by atoms with Crippen LogP contribution in [0.4, 0.5) is 18.9 Å². The highest BCUT2D eigenvalue weighted by Crippen LogP contribution is 2.31. The fourth-order valence-corrected chi connectivity index (χ4v) is 1.21. The summed E-state index contributed by atoms with van der Waals surface area (Å²) in [6.45, 7) is 1.24. The molecule has 0 aromatic carbocycles. The monoisotopic (exact) mass is 252 g/mol. The smallest absolute Gasteiger partial charge is 0.316 e. The zero-order valence-electron chi connectivity index (χ0n) is 8.47. The van der Waals surface area contributed by atoms with Gasteiger partial charge in [-0.25, -0.2) is 4.98 Å². The molecule has 1 aromatic rings. The van der Waals surface area contributed by atoms with Crippen LogP contribution in [0.25, 0.3) is 0 Å². The van der Waals surface area contributed by atoms with Crippen molar-refractivity contribution in [2.24, 2.45) is 0 Å². The van der Waals surface area contributed by atoms with Crippen LogP contribution in [0.2, 0.25) is 5.15 Å². The number of carbonyl (C=O) groups is 1. The lowest BCUT2D eigenvalue weighted by molar-refractivity contribution is -0.141. The van der Waals surface area contributed by atoms with Crippen molar-refractivity contribution in [2.75, 3.05) is 11.9 Å². The Bertz CT molecular complexity index is 420. The molecule has 0 aliphatic heterocycles. The van der Waals surface area contributed by atoms with Gasteiger partial charge in [0.2, 0.25) is 5.91 Å². The van der Waals surface area contributed by atoms with Gasteiger partial charge in [0.25, 0.3) is 0 Å². The van der Waals surface area contributed by atoms with Crippen LogP contribution in [-0.4, -0.2) is 17.9 Å². The molecule has 0 unspecified atom stereocenters. The minimum absolute atomic E-state index is 0.0554. The number of anilines is 1. The Hall–Kier alpha value is -1.30. The highest BCUT2D eigenvalue weighted by molar-refractivity contribution is 6.29. The third-order valence-corrected chi connectivity index (χ3v) is 2.12. The van der Waals surface area contributed by atoms with E-state index in [0.717, 1.165) is 11.0 Å². The van der Waals surface area contributed by atoms with Crippen molar-refractivity contribution >= 4 is 23.2 Å². The first-order valence-electron chi connectivity index (χ1n) is 4.21. The van der Waals surface area contributed by atoms with E-state index in [-0.39, 0.29) is 10.8 Å². The Kier molecular flexibility index (Phi) is 3.42. The third kappa shape index (κ3) is 2.85. The van der Waals surface area contributed by atoms with Crippen LogP contribution in [0.3, 0.4) is 0 Å². The first kappa shape index (κ1) is 12.8. The van der Waals surface area contributed by atoms with Gasteiger partial charge in [-0.05, 0) is 12.1 Å². The molecule has 0 atom stereocenters. The molecule has 1 heterocycles. The lowest BCUT2D eigenvalue weighted by atomic mass is 10.3. The van der Waals surface area contributed by atoms with E-state index in [1.54, 1.807) is 0 Å². The van der Waals surface area contributed by atoms with Gasteiger partial charge in [-0.1, -0.05) is 11.6 Å².